The van der Waals surface area contributed by atoms with Crippen molar-refractivity contribution in [2.75, 3.05) is 11.9 Å². The van der Waals surface area contributed by atoms with Crippen molar-refractivity contribution in [3.8, 4) is 0 Å². The minimum atomic E-state index is -0.660. The van der Waals surface area contributed by atoms with Gasteiger partial charge in [-0.25, -0.2) is 9.18 Å². The number of carbonyl (C=O) groups is 1. The molecule has 2 rings (SSSR count). The highest BCUT2D eigenvalue weighted by molar-refractivity contribution is 5.81. The molecule has 0 aromatic heterocycles. The third-order valence-corrected chi connectivity index (χ3v) is 3.05. The van der Waals surface area contributed by atoms with E-state index in [4.69, 9.17) is 4.74 Å². The van der Waals surface area contributed by atoms with Crippen molar-refractivity contribution in [2.24, 2.45) is 0 Å². The molecule has 0 heterocycles. The summed E-state index contributed by atoms with van der Waals surface area (Å²) in [5.74, 6) is -0.720. The first-order valence-corrected chi connectivity index (χ1v) is 6.85. The van der Waals surface area contributed by atoms with E-state index in [0.29, 0.717) is 12.2 Å². The highest BCUT2D eigenvalue weighted by Gasteiger charge is 2.21. The monoisotopic (exact) mass is 287 g/mol. The summed E-state index contributed by atoms with van der Waals surface area (Å²) in [4.78, 5) is 12.1. The van der Waals surface area contributed by atoms with Crippen LogP contribution in [0.1, 0.15) is 24.1 Å². The van der Waals surface area contributed by atoms with E-state index in [1.54, 1.807) is 19.1 Å². The molecule has 0 aliphatic carbocycles. The number of anilines is 1. The van der Waals surface area contributed by atoms with Crippen LogP contribution in [0, 0.1) is 12.7 Å². The van der Waals surface area contributed by atoms with E-state index in [-0.39, 0.29) is 11.8 Å². The van der Waals surface area contributed by atoms with E-state index >= 15 is 0 Å². The maximum atomic E-state index is 13.0. The number of hydrogen-bond acceptors (Lipinski definition) is 3. The first-order valence-electron chi connectivity index (χ1n) is 6.85. The average Bonchev–Trinajstić information content (AvgIpc) is 2.46. The molecule has 0 bridgehead atoms. The van der Waals surface area contributed by atoms with Crippen LogP contribution in [0.2, 0.25) is 0 Å². The standard InChI is InChI=1S/C17H18FNO2/c1-3-21-17(20)16(13-7-9-14(18)10-8-13)19-15-6-4-5-12(2)11-15/h4-11,16,19H,3H2,1-2H3. The van der Waals surface area contributed by atoms with Gasteiger partial charge in [-0.2, -0.15) is 0 Å². The van der Waals surface area contributed by atoms with Crippen LogP contribution >= 0.6 is 0 Å². The molecule has 0 saturated heterocycles. The predicted octanol–water partition coefficient (Wildman–Crippen LogP) is 3.85. The lowest BCUT2D eigenvalue weighted by molar-refractivity contribution is -0.144. The number of ether oxygens (including phenoxy) is 1. The Bertz CT molecular complexity index is 610. The third-order valence-electron chi connectivity index (χ3n) is 3.05. The number of nitrogens with one attached hydrogen (secondary N) is 1. The third kappa shape index (κ3) is 4.05. The van der Waals surface area contributed by atoms with Crippen LogP contribution < -0.4 is 5.32 Å². The first kappa shape index (κ1) is 15.0. The zero-order valence-electron chi connectivity index (χ0n) is 12.1. The van der Waals surface area contributed by atoms with Crippen LogP contribution in [0.15, 0.2) is 48.5 Å². The summed E-state index contributed by atoms with van der Waals surface area (Å²) in [6.07, 6.45) is 0. The normalized spacial score (nSPS) is 11.8. The van der Waals surface area contributed by atoms with Crippen LogP contribution in [0.3, 0.4) is 0 Å². The van der Waals surface area contributed by atoms with E-state index in [1.807, 2.05) is 31.2 Å². The van der Waals surface area contributed by atoms with Crippen LogP contribution in [0.25, 0.3) is 0 Å². The molecule has 1 atom stereocenters. The van der Waals surface area contributed by atoms with Gasteiger partial charge in [-0.3, -0.25) is 0 Å². The average molecular weight is 287 g/mol. The molecule has 21 heavy (non-hydrogen) atoms. The van der Waals surface area contributed by atoms with E-state index in [1.165, 1.54) is 12.1 Å². The topological polar surface area (TPSA) is 38.3 Å². The van der Waals surface area contributed by atoms with Gasteiger partial charge in [-0.05, 0) is 49.2 Å². The first-order chi connectivity index (χ1) is 10.1. The molecule has 1 unspecified atom stereocenters. The maximum Gasteiger partial charge on any atom is 0.333 e. The second-order valence-electron chi connectivity index (χ2n) is 4.75. The molecular formula is C17H18FNO2. The van der Waals surface area contributed by atoms with Gasteiger partial charge in [-0.15, -0.1) is 0 Å². The summed E-state index contributed by atoms with van der Waals surface area (Å²) in [6, 6.07) is 12.9. The lowest BCUT2D eigenvalue weighted by Crippen LogP contribution is -2.23. The number of esters is 1. The molecule has 0 fully saturated rings. The quantitative estimate of drug-likeness (QED) is 0.849. The van der Waals surface area contributed by atoms with Crippen molar-refractivity contribution in [1.82, 2.24) is 0 Å². The lowest BCUT2D eigenvalue weighted by atomic mass is 10.1. The Morgan fingerprint density at radius 2 is 1.95 bits per heavy atom. The van der Waals surface area contributed by atoms with E-state index in [0.717, 1.165) is 11.3 Å². The Balaban J connectivity index is 2.27. The minimum Gasteiger partial charge on any atom is -0.464 e. The number of halogens is 1. The number of rotatable bonds is 5. The van der Waals surface area contributed by atoms with E-state index in [9.17, 15) is 9.18 Å². The molecule has 4 heteroatoms. The summed E-state index contributed by atoms with van der Waals surface area (Å²) in [5, 5.41) is 3.14. The van der Waals surface area contributed by atoms with Crippen LogP contribution in [0.4, 0.5) is 10.1 Å². The summed E-state index contributed by atoms with van der Waals surface area (Å²) >= 11 is 0. The fourth-order valence-electron chi connectivity index (χ4n) is 2.06. The second kappa shape index (κ2) is 6.88. The van der Waals surface area contributed by atoms with Crippen molar-refractivity contribution >= 4 is 11.7 Å². The van der Waals surface area contributed by atoms with Gasteiger partial charge in [0.1, 0.15) is 5.82 Å². The molecule has 0 aliphatic rings. The summed E-state index contributed by atoms with van der Waals surface area (Å²) in [6.45, 7) is 4.03. The van der Waals surface area contributed by atoms with Gasteiger partial charge in [-0.1, -0.05) is 24.3 Å². The number of carbonyl (C=O) groups excluding carboxylic acids is 1. The predicted molar refractivity (Wildman–Crippen MR) is 80.6 cm³/mol. The van der Waals surface area contributed by atoms with Gasteiger partial charge < -0.3 is 10.1 Å². The highest BCUT2D eigenvalue weighted by Crippen LogP contribution is 2.22. The molecule has 2 aromatic carbocycles. The molecule has 1 N–H and O–H groups in total. The molecule has 3 nitrogen and oxygen atoms in total. The molecule has 2 aromatic rings. The van der Waals surface area contributed by atoms with Crippen molar-refractivity contribution in [3.63, 3.8) is 0 Å². The second-order valence-corrected chi connectivity index (χ2v) is 4.75. The Kier molecular flexibility index (Phi) is 4.93. The fourth-order valence-corrected chi connectivity index (χ4v) is 2.06. The van der Waals surface area contributed by atoms with Crippen molar-refractivity contribution in [2.45, 2.75) is 19.9 Å². The van der Waals surface area contributed by atoms with Gasteiger partial charge in [0.05, 0.1) is 6.61 Å². The van der Waals surface area contributed by atoms with Crippen molar-refractivity contribution in [1.29, 1.82) is 0 Å². The molecule has 110 valence electrons. The van der Waals surface area contributed by atoms with E-state index < -0.39 is 6.04 Å². The van der Waals surface area contributed by atoms with E-state index in [2.05, 4.69) is 5.32 Å². The maximum absolute atomic E-state index is 13.0. The largest absolute Gasteiger partial charge is 0.464 e. The van der Waals surface area contributed by atoms with Gasteiger partial charge in [0.25, 0.3) is 0 Å². The smallest absolute Gasteiger partial charge is 0.333 e. The Labute approximate surface area is 123 Å². The van der Waals surface area contributed by atoms with Crippen molar-refractivity contribution < 1.29 is 13.9 Å². The van der Waals surface area contributed by atoms with Crippen LogP contribution in [0.5, 0.6) is 0 Å². The van der Waals surface area contributed by atoms with Gasteiger partial charge >= 0.3 is 5.97 Å². The summed E-state index contributed by atoms with van der Waals surface area (Å²) in [5.41, 5.74) is 2.57. The lowest BCUT2D eigenvalue weighted by Gasteiger charge is -2.19. The molecule has 0 spiro atoms. The van der Waals surface area contributed by atoms with Crippen LogP contribution in [-0.4, -0.2) is 12.6 Å². The van der Waals surface area contributed by atoms with Gasteiger partial charge in [0, 0.05) is 5.69 Å². The van der Waals surface area contributed by atoms with Crippen molar-refractivity contribution in [3.05, 3.63) is 65.5 Å². The molecule has 0 saturated carbocycles. The number of benzene rings is 2. The molecule has 0 radical (unpaired) electrons. The highest BCUT2D eigenvalue weighted by atomic mass is 19.1. The minimum absolute atomic E-state index is 0.298. The molecule has 0 amide bonds. The zero-order chi connectivity index (χ0) is 15.2. The Hall–Kier alpha value is -2.36. The zero-order valence-corrected chi connectivity index (χ0v) is 12.1. The fraction of sp³-hybridized carbons (Fsp3) is 0.235. The van der Waals surface area contributed by atoms with Gasteiger partial charge in [0.15, 0.2) is 6.04 Å². The summed E-state index contributed by atoms with van der Waals surface area (Å²) < 4.78 is 18.1. The van der Waals surface area contributed by atoms with Gasteiger partial charge in [0.2, 0.25) is 0 Å². The molecule has 0 aliphatic heterocycles. The molecular weight excluding hydrogens is 269 g/mol. The van der Waals surface area contributed by atoms with Crippen LogP contribution in [-0.2, 0) is 9.53 Å². The Morgan fingerprint density at radius 3 is 2.57 bits per heavy atom. The number of hydrogen-bond donors (Lipinski definition) is 1. The summed E-state index contributed by atoms with van der Waals surface area (Å²) in [7, 11) is 0. The SMILES string of the molecule is CCOC(=O)C(Nc1cccc(C)c1)c1ccc(F)cc1. The number of aryl methyl sites for hydroxylation is 1. The Morgan fingerprint density at radius 1 is 1.24 bits per heavy atom.